The van der Waals surface area contributed by atoms with Gasteiger partial charge in [0.1, 0.15) is 11.9 Å². The van der Waals surface area contributed by atoms with Gasteiger partial charge in [0.15, 0.2) is 0 Å². The number of hydrogen-bond donors (Lipinski definition) is 4. The maximum Gasteiger partial charge on any atom is 0.121 e. The van der Waals surface area contributed by atoms with E-state index in [9.17, 15) is 0 Å². The first-order chi connectivity index (χ1) is 18.9. The summed E-state index contributed by atoms with van der Waals surface area (Å²) in [4.78, 5) is 8.94. The Labute approximate surface area is 224 Å². The Balaban J connectivity index is 0.980. The van der Waals surface area contributed by atoms with E-state index in [0.29, 0.717) is 6.61 Å². The van der Waals surface area contributed by atoms with Gasteiger partial charge < -0.3 is 20.7 Å². The zero-order valence-corrected chi connectivity index (χ0v) is 21.7. The summed E-state index contributed by atoms with van der Waals surface area (Å²) in [7, 11) is 0. The molecule has 0 bridgehead atoms. The number of nitrogens with one attached hydrogen (secondary N) is 4. The standard InChI is InChI=1S/C31H36N6O/c1-2-8-24(9-3-1)10-6-17-35-31-27-14-13-25(22-30(27)36-23-37-31)38-21-7-16-32-19-20-34-29-15-18-33-28-12-5-4-11-26(28)29/h1-5,8-9,11-15,18,22-23,31-32,35H,6-7,10,16-17,19-21H2,(H,33,34)(H,36,37). The van der Waals surface area contributed by atoms with Crippen molar-refractivity contribution < 1.29 is 4.74 Å². The molecule has 0 amide bonds. The molecule has 0 aliphatic carbocycles. The minimum absolute atomic E-state index is 0.0651. The Hall–Kier alpha value is -3.94. The van der Waals surface area contributed by atoms with Gasteiger partial charge in [0, 0.05) is 42.0 Å². The first-order valence-corrected chi connectivity index (χ1v) is 13.5. The molecule has 0 spiro atoms. The molecule has 5 rings (SSSR count). The van der Waals surface area contributed by atoms with Crippen LogP contribution in [0.3, 0.4) is 0 Å². The molecule has 7 heteroatoms. The van der Waals surface area contributed by atoms with E-state index in [1.165, 1.54) is 5.56 Å². The second kappa shape index (κ2) is 13.6. The highest BCUT2D eigenvalue weighted by Gasteiger charge is 2.17. The van der Waals surface area contributed by atoms with E-state index < -0.39 is 0 Å². The van der Waals surface area contributed by atoms with Crippen molar-refractivity contribution in [3.63, 3.8) is 0 Å². The molecule has 0 saturated heterocycles. The normalized spacial score (nSPS) is 14.2. The van der Waals surface area contributed by atoms with Gasteiger partial charge in [-0.1, -0.05) is 48.5 Å². The lowest BCUT2D eigenvalue weighted by atomic mass is 10.1. The molecule has 0 fully saturated rings. The number of aliphatic imine (C=N–C) groups is 1. The average molecular weight is 509 g/mol. The number of aryl methyl sites for hydroxylation is 1. The second-order valence-electron chi connectivity index (χ2n) is 9.38. The molecular weight excluding hydrogens is 472 g/mol. The number of ether oxygens (including phenoxy) is 1. The van der Waals surface area contributed by atoms with Gasteiger partial charge in [0.25, 0.3) is 0 Å². The van der Waals surface area contributed by atoms with Crippen molar-refractivity contribution in [3.05, 3.63) is 96.2 Å². The van der Waals surface area contributed by atoms with Crippen LogP contribution in [0.15, 0.2) is 90.1 Å². The molecule has 1 aliphatic heterocycles. The molecule has 196 valence electrons. The molecule has 1 aliphatic rings. The van der Waals surface area contributed by atoms with Crippen LogP contribution in [0.4, 0.5) is 11.4 Å². The third-order valence-electron chi connectivity index (χ3n) is 6.62. The Morgan fingerprint density at radius 2 is 1.74 bits per heavy atom. The highest BCUT2D eigenvalue weighted by atomic mass is 16.5. The zero-order chi connectivity index (χ0) is 25.8. The van der Waals surface area contributed by atoms with Gasteiger partial charge in [-0.15, -0.1) is 0 Å². The molecule has 4 N–H and O–H groups in total. The summed E-state index contributed by atoms with van der Waals surface area (Å²) in [5, 5.41) is 15.1. The smallest absolute Gasteiger partial charge is 0.121 e. The predicted molar refractivity (Wildman–Crippen MR) is 156 cm³/mol. The molecule has 7 nitrogen and oxygen atoms in total. The molecule has 38 heavy (non-hydrogen) atoms. The quantitative estimate of drug-likeness (QED) is 0.176. The summed E-state index contributed by atoms with van der Waals surface area (Å²) in [6.07, 6.45) is 6.78. The van der Waals surface area contributed by atoms with E-state index in [1.807, 2.05) is 42.6 Å². The van der Waals surface area contributed by atoms with E-state index in [2.05, 4.69) is 73.7 Å². The van der Waals surface area contributed by atoms with Gasteiger partial charge >= 0.3 is 0 Å². The first-order valence-electron chi connectivity index (χ1n) is 13.5. The van der Waals surface area contributed by atoms with Crippen LogP contribution in [0.5, 0.6) is 5.75 Å². The SMILES string of the molecule is C1=Nc2cc(OCCCNCCNc3ccnc4ccccc34)ccc2C(NCCCc2ccccc2)N1. The van der Waals surface area contributed by atoms with Crippen LogP contribution in [0.1, 0.15) is 30.1 Å². The van der Waals surface area contributed by atoms with Gasteiger partial charge in [-0.25, -0.2) is 4.99 Å². The van der Waals surface area contributed by atoms with Crippen LogP contribution in [0.2, 0.25) is 0 Å². The summed E-state index contributed by atoms with van der Waals surface area (Å²) in [6.45, 7) is 4.24. The zero-order valence-electron chi connectivity index (χ0n) is 21.7. The number of fused-ring (bicyclic) bond motifs is 2. The minimum atomic E-state index is 0.0651. The maximum atomic E-state index is 6.00. The van der Waals surface area contributed by atoms with Crippen LogP contribution < -0.4 is 26.0 Å². The summed E-state index contributed by atoms with van der Waals surface area (Å²) >= 11 is 0. The molecular formula is C31H36N6O. The van der Waals surface area contributed by atoms with Crippen LogP contribution in [0.25, 0.3) is 10.9 Å². The number of hydrogen-bond acceptors (Lipinski definition) is 7. The van der Waals surface area contributed by atoms with Crippen molar-refractivity contribution in [2.45, 2.75) is 25.4 Å². The minimum Gasteiger partial charge on any atom is -0.493 e. The van der Waals surface area contributed by atoms with Gasteiger partial charge in [0.05, 0.1) is 24.1 Å². The number of benzene rings is 3. The lowest BCUT2D eigenvalue weighted by Crippen LogP contribution is -2.35. The Morgan fingerprint density at radius 1 is 0.842 bits per heavy atom. The van der Waals surface area contributed by atoms with Gasteiger partial charge in [-0.2, -0.15) is 0 Å². The summed E-state index contributed by atoms with van der Waals surface area (Å²) < 4.78 is 6.00. The first kappa shape index (κ1) is 25.7. The lowest BCUT2D eigenvalue weighted by Gasteiger charge is -2.24. The van der Waals surface area contributed by atoms with Crippen LogP contribution in [0, 0.1) is 0 Å². The van der Waals surface area contributed by atoms with Crippen LogP contribution >= 0.6 is 0 Å². The predicted octanol–water partition coefficient (Wildman–Crippen LogP) is 5.19. The highest BCUT2D eigenvalue weighted by Crippen LogP contribution is 2.31. The van der Waals surface area contributed by atoms with Crippen molar-refractivity contribution in [1.82, 2.24) is 20.9 Å². The van der Waals surface area contributed by atoms with E-state index >= 15 is 0 Å². The Kier molecular flexibility index (Phi) is 9.17. The summed E-state index contributed by atoms with van der Waals surface area (Å²) in [6, 6.07) is 27.0. The Morgan fingerprint density at radius 3 is 2.68 bits per heavy atom. The second-order valence-corrected chi connectivity index (χ2v) is 9.38. The lowest BCUT2D eigenvalue weighted by molar-refractivity contribution is 0.308. The fraction of sp³-hybridized carbons (Fsp3) is 0.290. The van der Waals surface area contributed by atoms with E-state index in [1.54, 1.807) is 6.34 Å². The summed E-state index contributed by atoms with van der Waals surface area (Å²) in [5.74, 6) is 0.858. The molecule has 1 aromatic heterocycles. The fourth-order valence-corrected chi connectivity index (χ4v) is 4.64. The average Bonchev–Trinajstić information content (AvgIpc) is 2.97. The largest absolute Gasteiger partial charge is 0.493 e. The molecule has 2 heterocycles. The van der Waals surface area contributed by atoms with Crippen molar-refractivity contribution in [1.29, 1.82) is 0 Å². The van der Waals surface area contributed by atoms with Crippen molar-refractivity contribution >= 4 is 28.6 Å². The molecule has 3 aromatic carbocycles. The van der Waals surface area contributed by atoms with Crippen LogP contribution in [-0.4, -0.2) is 44.1 Å². The van der Waals surface area contributed by atoms with Crippen molar-refractivity contribution in [2.24, 2.45) is 4.99 Å². The molecule has 4 aromatic rings. The number of para-hydroxylation sites is 1. The highest BCUT2D eigenvalue weighted by molar-refractivity contribution is 5.90. The van der Waals surface area contributed by atoms with E-state index in [0.717, 1.165) is 79.0 Å². The number of aromatic nitrogens is 1. The third kappa shape index (κ3) is 7.09. The molecule has 1 unspecified atom stereocenters. The number of anilines is 1. The van der Waals surface area contributed by atoms with Gasteiger partial charge in [-0.3, -0.25) is 10.3 Å². The maximum absolute atomic E-state index is 6.00. The van der Waals surface area contributed by atoms with Gasteiger partial charge in [-0.05, 0) is 62.2 Å². The number of rotatable bonds is 14. The Bertz CT molecular complexity index is 1320. The fourth-order valence-electron chi connectivity index (χ4n) is 4.64. The molecule has 1 atom stereocenters. The summed E-state index contributed by atoms with van der Waals surface area (Å²) in [5.41, 5.74) is 5.61. The van der Waals surface area contributed by atoms with Crippen LogP contribution in [-0.2, 0) is 6.42 Å². The molecule has 0 saturated carbocycles. The van der Waals surface area contributed by atoms with E-state index in [-0.39, 0.29) is 6.17 Å². The van der Waals surface area contributed by atoms with Crippen molar-refractivity contribution in [2.75, 3.05) is 38.1 Å². The van der Waals surface area contributed by atoms with Gasteiger partial charge in [0.2, 0.25) is 0 Å². The van der Waals surface area contributed by atoms with E-state index in [4.69, 9.17) is 4.74 Å². The molecule has 0 radical (unpaired) electrons. The third-order valence-corrected chi connectivity index (χ3v) is 6.62. The number of pyridine rings is 1. The topological polar surface area (TPSA) is 82.6 Å². The number of nitrogens with zero attached hydrogens (tertiary/aromatic N) is 2. The van der Waals surface area contributed by atoms with Crippen molar-refractivity contribution in [3.8, 4) is 5.75 Å². The monoisotopic (exact) mass is 508 g/mol.